The van der Waals surface area contributed by atoms with Crippen LogP contribution in [0.3, 0.4) is 0 Å². The Bertz CT molecular complexity index is 314. The van der Waals surface area contributed by atoms with E-state index in [9.17, 15) is 0 Å². The molecule has 1 aromatic heterocycles. The van der Waals surface area contributed by atoms with Gasteiger partial charge in [0.1, 0.15) is 5.82 Å². The van der Waals surface area contributed by atoms with Crippen LogP contribution in [0.2, 0.25) is 0 Å². The number of hydrogen-bond donors (Lipinski definition) is 1. The molecule has 16 heavy (non-hydrogen) atoms. The van der Waals surface area contributed by atoms with E-state index in [1.165, 1.54) is 19.3 Å². The summed E-state index contributed by atoms with van der Waals surface area (Å²) < 4.78 is 0. The predicted molar refractivity (Wildman–Crippen MR) is 67.5 cm³/mol. The average Bonchev–Trinajstić information content (AvgIpc) is 2.39. The van der Waals surface area contributed by atoms with E-state index in [1.807, 2.05) is 6.20 Å². The van der Waals surface area contributed by atoms with Crippen molar-refractivity contribution in [2.75, 3.05) is 18.0 Å². The molecule has 1 aliphatic heterocycles. The Labute approximate surface area is 97.7 Å². The van der Waals surface area contributed by atoms with Crippen LogP contribution in [-0.2, 0) is 0 Å². The van der Waals surface area contributed by atoms with E-state index in [2.05, 4.69) is 28.9 Å². The zero-order valence-corrected chi connectivity index (χ0v) is 10.0. The first kappa shape index (κ1) is 11.4. The summed E-state index contributed by atoms with van der Waals surface area (Å²) in [6, 6.07) is 4.35. The summed E-state index contributed by atoms with van der Waals surface area (Å²) in [6.45, 7) is 4.39. The summed E-state index contributed by atoms with van der Waals surface area (Å²) in [4.78, 5) is 6.88. The number of pyridine rings is 1. The van der Waals surface area contributed by atoms with Gasteiger partial charge in [0.2, 0.25) is 0 Å². The number of nitrogens with two attached hydrogens (primary N) is 1. The Hall–Kier alpha value is -1.09. The highest BCUT2D eigenvalue weighted by Gasteiger charge is 2.12. The lowest BCUT2D eigenvalue weighted by molar-refractivity contribution is 0.573. The lowest BCUT2D eigenvalue weighted by Crippen LogP contribution is -2.30. The molecule has 1 atom stereocenters. The van der Waals surface area contributed by atoms with E-state index in [0.29, 0.717) is 0 Å². The number of nitrogens with zero attached hydrogens (tertiary/aromatic N) is 2. The largest absolute Gasteiger partial charge is 0.357 e. The van der Waals surface area contributed by atoms with Gasteiger partial charge in [-0.05, 0) is 37.3 Å². The minimum absolute atomic E-state index is 0.128. The molecule has 0 bridgehead atoms. The summed E-state index contributed by atoms with van der Waals surface area (Å²) in [7, 11) is 0. The van der Waals surface area contributed by atoms with Crippen molar-refractivity contribution in [1.29, 1.82) is 0 Å². The van der Waals surface area contributed by atoms with Gasteiger partial charge >= 0.3 is 0 Å². The van der Waals surface area contributed by atoms with E-state index in [0.717, 1.165) is 30.9 Å². The van der Waals surface area contributed by atoms with Crippen LogP contribution < -0.4 is 10.6 Å². The minimum atomic E-state index is 0.128. The number of hydrogen-bond acceptors (Lipinski definition) is 3. The molecule has 2 rings (SSSR count). The van der Waals surface area contributed by atoms with Gasteiger partial charge in [-0.3, -0.25) is 0 Å². The van der Waals surface area contributed by atoms with Crippen molar-refractivity contribution in [3.05, 3.63) is 23.9 Å². The van der Waals surface area contributed by atoms with E-state index < -0.39 is 0 Å². The zero-order valence-electron chi connectivity index (χ0n) is 10.0. The smallest absolute Gasteiger partial charge is 0.128 e. The fraction of sp³-hybridized carbons (Fsp3) is 0.615. The standard InChI is InChI=1S/C13H21N3/c1-2-12(14)11-6-7-13(15-10-11)16-8-4-3-5-9-16/h6-7,10,12H,2-5,8-9,14H2,1H3. The van der Waals surface area contributed by atoms with Crippen LogP contribution in [0.1, 0.15) is 44.2 Å². The van der Waals surface area contributed by atoms with Gasteiger partial charge in [-0.15, -0.1) is 0 Å². The van der Waals surface area contributed by atoms with Crippen molar-refractivity contribution in [1.82, 2.24) is 4.98 Å². The lowest BCUT2D eigenvalue weighted by Gasteiger charge is -2.27. The normalized spacial score (nSPS) is 18.5. The Morgan fingerprint density at radius 3 is 2.62 bits per heavy atom. The molecule has 1 aromatic rings. The van der Waals surface area contributed by atoms with E-state index in [4.69, 9.17) is 5.73 Å². The monoisotopic (exact) mass is 219 g/mol. The number of rotatable bonds is 3. The highest BCUT2D eigenvalue weighted by Crippen LogP contribution is 2.19. The maximum Gasteiger partial charge on any atom is 0.128 e. The molecule has 1 unspecified atom stereocenters. The van der Waals surface area contributed by atoms with Gasteiger partial charge < -0.3 is 10.6 Å². The first-order valence-electron chi connectivity index (χ1n) is 6.27. The van der Waals surface area contributed by atoms with Crippen molar-refractivity contribution in [3.8, 4) is 0 Å². The first-order chi connectivity index (χ1) is 7.81. The van der Waals surface area contributed by atoms with Gasteiger partial charge in [-0.2, -0.15) is 0 Å². The van der Waals surface area contributed by atoms with Crippen LogP contribution in [0.25, 0.3) is 0 Å². The molecule has 0 aromatic carbocycles. The molecule has 2 N–H and O–H groups in total. The summed E-state index contributed by atoms with van der Waals surface area (Å²) in [5, 5.41) is 0. The van der Waals surface area contributed by atoms with Crippen LogP contribution in [-0.4, -0.2) is 18.1 Å². The molecule has 2 heterocycles. The highest BCUT2D eigenvalue weighted by atomic mass is 15.2. The van der Waals surface area contributed by atoms with Crippen molar-refractivity contribution in [3.63, 3.8) is 0 Å². The second-order valence-corrected chi connectivity index (χ2v) is 4.51. The molecule has 0 aliphatic carbocycles. The molecule has 0 saturated carbocycles. The third-order valence-corrected chi connectivity index (χ3v) is 3.32. The third-order valence-electron chi connectivity index (χ3n) is 3.32. The lowest BCUT2D eigenvalue weighted by atomic mass is 10.1. The van der Waals surface area contributed by atoms with Crippen molar-refractivity contribution < 1.29 is 0 Å². The Morgan fingerprint density at radius 1 is 1.31 bits per heavy atom. The maximum atomic E-state index is 5.97. The van der Waals surface area contributed by atoms with Gasteiger partial charge in [0.15, 0.2) is 0 Å². The molecule has 1 saturated heterocycles. The molecule has 88 valence electrons. The molecule has 1 aliphatic rings. The molecule has 0 amide bonds. The van der Waals surface area contributed by atoms with E-state index >= 15 is 0 Å². The van der Waals surface area contributed by atoms with Gasteiger partial charge in [0, 0.05) is 25.3 Å². The number of piperidine rings is 1. The molecule has 3 heteroatoms. The number of anilines is 1. The summed E-state index contributed by atoms with van der Waals surface area (Å²) in [6.07, 6.45) is 6.83. The predicted octanol–water partition coefficient (Wildman–Crippen LogP) is 2.48. The number of aromatic nitrogens is 1. The van der Waals surface area contributed by atoms with Crippen LogP contribution in [0.4, 0.5) is 5.82 Å². The fourth-order valence-electron chi connectivity index (χ4n) is 2.16. The molecule has 1 fully saturated rings. The van der Waals surface area contributed by atoms with Gasteiger partial charge in [-0.1, -0.05) is 13.0 Å². The Balaban J connectivity index is 2.06. The Kier molecular flexibility index (Phi) is 3.78. The quantitative estimate of drug-likeness (QED) is 0.849. The molecular formula is C13H21N3. The molecule has 0 radical (unpaired) electrons. The van der Waals surface area contributed by atoms with Crippen molar-refractivity contribution in [2.45, 2.75) is 38.6 Å². The van der Waals surface area contributed by atoms with Crippen molar-refractivity contribution in [2.24, 2.45) is 5.73 Å². The van der Waals surface area contributed by atoms with Crippen LogP contribution in [0.5, 0.6) is 0 Å². The highest BCUT2D eigenvalue weighted by molar-refractivity contribution is 5.40. The van der Waals surface area contributed by atoms with Gasteiger partial charge in [-0.25, -0.2) is 4.98 Å². The SMILES string of the molecule is CCC(N)c1ccc(N2CCCCC2)nc1. The maximum absolute atomic E-state index is 5.97. The molecular weight excluding hydrogens is 198 g/mol. The van der Waals surface area contributed by atoms with Crippen LogP contribution >= 0.6 is 0 Å². The fourth-order valence-corrected chi connectivity index (χ4v) is 2.16. The second-order valence-electron chi connectivity index (χ2n) is 4.51. The van der Waals surface area contributed by atoms with Gasteiger partial charge in [0.25, 0.3) is 0 Å². The minimum Gasteiger partial charge on any atom is -0.357 e. The van der Waals surface area contributed by atoms with Gasteiger partial charge in [0.05, 0.1) is 0 Å². The average molecular weight is 219 g/mol. The molecule has 0 spiro atoms. The summed E-state index contributed by atoms with van der Waals surface area (Å²) in [5.74, 6) is 1.10. The van der Waals surface area contributed by atoms with Crippen LogP contribution in [0, 0.1) is 0 Å². The molecule has 3 nitrogen and oxygen atoms in total. The Morgan fingerprint density at radius 2 is 2.06 bits per heavy atom. The first-order valence-corrected chi connectivity index (χ1v) is 6.27. The van der Waals surface area contributed by atoms with Crippen LogP contribution in [0.15, 0.2) is 18.3 Å². The second kappa shape index (κ2) is 5.30. The third kappa shape index (κ3) is 2.53. The zero-order chi connectivity index (χ0) is 11.4. The van der Waals surface area contributed by atoms with E-state index in [1.54, 1.807) is 0 Å². The summed E-state index contributed by atoms with van der Waals surface area (Å²) >= 11 is 0. The van der Waals surface area contributed by atoms with Crippen molar-refractivity contribution >= 4 is 5.82 Å². The summed E-state index contributed by atoms with van der Waals surface area (Å²) in [5.41, 5.74) is 7.11. The van der Waals surface area contributed by atoms with E-state index in [-0.39, 0.29) is 6.04 Å². The topological polar surface area (TPSA) is 42.1 Å².